The minimum Gasteiger partial charge on any atom is -0.478 e. The molecule has 0 saturated heterocycles. The van der Waals surface area contributed by atoms with E-state index in [0.29, 0.717) is 19.8 Å². The molecular formula is C16H22O7. The molecule has 1 aromatic carbocycles. The molecule has 0 aliphatic heterocycles. The topological polar surface area (TPSA) is 91.3 Å². The Bertz CT molecular complexity index is 510. The van der Waals surface area contributed by atoms with E-state index in [0.717, 1.165) is 0 Å². The molecule has 1 aromatic rings. The van der Waals surface area contributed by atoms with Gasteiger partial charge in [0, 0.05) is 19.8 Å². The number of hydrogen-bond donors (Lipinski definition) is 1. The second kappa shape index (κ2) is 9.24. The lowest BCUT2D eigenvalue weighted by Crippen LogP contribution is -2.44. The van der Waals surface area contributed by atoms with Crippen molar-refractivity contribution in [3.05, 3.63) is 35.4 Å². The molecule has 7 heteroatoms. The molecule has 7 nitrogen and oxygen atoms in total. The highest BCUT2D eigenvalue weighted by atomic mass is 16.9. The second-order valence-corrected chi connectivity index (χ2v) is 4.41. The van der Waals surface area contributed by atoms with Crippen LogP contribution in [-0.4, -0.2) is 49.4 Å². The third kappa shape index (κ3) is 5.31. The molecule has 1 rings (SSSR count). The van der Waals surface area contributed by atoms with Gasteiger partial charge in [-0.05, 0) is 32.9 Å². The molecule has 1 N–H and O–H groups in total. The van der Waals surface area contributed by atoms with Crippen molar-refractivity contribution in [2.45, 2.75) is 26.7 Å². The molecule has 0 radical (unpaired) electrons. The van der Waals surface area contributed by atoms with Crippen molar-refractivity contribution < 1.29 is 33.6 Å². The van der Waals surface area contributed by atoms with Gasteiger partial charge < -0.3 is 24.1 Å². The molecule has 0 fully saturated rings. The molecule has 0 heterocycles. The standard InChI is InChI=1S/C16H22O7/c1-4-21-16(22-5-2,23-6-3)11-20-15(19)13-10-8-7-9-12(13)14(17)18/h7-10H,4-6,11H2,1-3H3,(H,17,18). The number of rotatable bonds is 10. The van der Waals surface area contributed by atoms with Crippen LogP contribution in [0, 0.1) is 0 Å². The highest BCUT2D eigenvalue weighted by Crippen LogP contribution is 2.18. The lowest BCUT2D eigenvalue weighted by atomic mass is 10.1. The largest absolute Gasteiger partial charge is 0.478 e. The normalized spacial score (nSPS) is 11.3. The lowest BCUT2D eigenvalue weighted by molar-refractivity contribution is -0.386. The first kappa shape index (κ1) is 19.1. The Balaban J connectivity index is 2.88. The van der Waals surface area contributed by atoms with Crippen molar-refractivity contribution in [3.8, 4) is 0 Å². The van der Waals surface area contributed by atoms with E-state index in [4.69, 9.17) is 24.1 Å². The maximum atomic E-state index is 12.2. The fraction of sp³-hybridized carbons (Fsp3) is 0.500. The number of carbonyl (C=O) groups is 2. The van der Waals surface area contributed by atoms with Gasteiger partial charge >= 0.3 is 17.9 Å². The first-order chi connectivity index (χ1) is 11.0. The van der Waals surface area contributed by atoms with Crippen LogP contribution in [0.15, 0.2) is 24.3 Å². The van der Waals surface area contributed by atoms with Gasteiger partial charge in [-0.15, -0.1) is 0 Å². The average molecular weight is 326 g/mol. The summed E-state index contributed by atoms with van der Waals surface area (Å²) in [7, 11) is 0. The minimum atomic E-state index is -1.49. The van der Waals surface area contributed by atoms with Crippen LogP contribution in [0.5, 0.6) is 0 Å². The Morgan fingerprint density at radius 2 is 1.43 bits per heavy atom. The van der Waals surface area contributed by atoms with Crippen LogP contribution < -0.4 is 0 Å². The van der Waals surface area contributed by atoms with Gasteiger partial charge in [-0.3, -0.25) is 0 Å². The van der Waals surface area contributed by atoms with E-state index in [-0.39, 0.29) is 17.7 Å². The third-order valence-corrected chi connectivity index (χ3v) is 2.85. The monoisotopic (exact) mass is 326 g/mol. The van der Waals surface area contributed by atoms with Gasteiger partial charge in [-0.25, -0.2) is 9.59 Å². The zero-order chi connectivity index (χ0) is 17.3. The molecule has 0 amide bonds. The molecule has 0 unspecified atom stereocenters. The number of ether oxygens (including phenoxy) is 4. The molecule has 23 heavy (non-hydrogen) atoms. The summed E-state index contributed by atoms with van der Waals surface area (Å²) in [5, 5.41) is 9.11. The van der Waals surface area contributed by atoms with Crippen LogP contribution in [0.3, 0.4) is 0 Å². The van der Waals surface area contributed by atoms with E-state index in [1.807, 2.05) is 0 Å². The molecule has 0 saturated carbocycles. The molecule has 0 spiro atoms. The van der Waals surface area contributed by atoms with E-state index in [1.165, 1.54) is 18.2 Å². The molecule has 0 aliphatic rings. The molecule has 0 bridgehead atoms. The SMILES string of the molecule is CCOC(COC(=O)c1ccccc1C(=O)O)(OCC)OCC. The predicted molar refractivity (Wildman–Crippen MR) is 81.3 cm³/mol. The van der Waals surface area contributed by atoms with E-state index < -0.39 is 17.9 Å². The zero-order valence-electron chi connectivity index (χ0n) is 13.5. The van der Waals surface area contributed by atoms with Gasteiger partial charge in [-0.2, -0.15) is 0 Å². The Hall–Kier alpha value is -1.96. The average Bonchev–Trinajstić information content (AvgIpc) is 2.53. The highest BCUT2D eigenvalue weighted by Gasteiger charge is 2.35. The van der Waals surface area contributed by atoms with Crippen LogP contribution in [0.1, 0.15) is 41.5 Å². The van der Waals surface area contributed by atoms with Crippen LogP contribution in [0.4, 0.5) is 0 Å². The first-order valence-corrected chi connectivity index (χ1v) is 7.41. The lowest BCUT2D eigenvalue weighted by Gasteiger charge is -2.31. The van der Waals surface area contributed by atoms with E-state index in [1.54, 1.807) is 26.8 Å². The number of aromatic carboxylic acids is 1. The maximum absolute atomic E-state index is 12.2. The smallest absolute Gasteiger partial charge is 0.339 e. The fourth-order valence-electron chi connectivity index (χ4n) is 1.99. The summed E-state index contributed by atoms with van der Waals surface area (Å²) in [6, 6.07) is 5.81. The van der Waals surface area contributed by atoms with Gasteiger partial charge in [0.15, 0.2) is 6.61 Å². The first-order valence-electron chi connectivity index (χ1n) is 7.41. The van der Waals surface area contributed by atoms with Crippen molar-refractivity contribution in [2.24, 2.45) is 0 Å². The zero-order valence-corrected chi connectivity index (χ0v) is 13.5. The van der Waals surface area contributed by atoms with E-state index in [2.05, 4.69) is 0 Å². The van der Waals surface area contributed by atoms with Crippen LogP contribution >= 0.6 is 0 Å². The quantitative estimate of drug-likeness (QED) is 0.521. The van der Waals surface area contributed by atoms with Crippen molar-refractivity contribution in [1.82, 2.24) is 0 Å². The van der Waals surface area contributed by atoms with Crippen LogP contribution in [0.2, 0.25) is 0 Å². The number of carboxylic acid groups (broad SMARTS) is 1. The summed E-state index contributed by atoms with van der Waals surface area (Å²) < 4.78 is 21.5. The summed E-state index contributed by atoms with van der Waals surface area (Å²) in [6.07, 6.45) is 0. The Labute approximate surface area is 135 Å². The number of esters is 1. The van der Waals surface area contributed by atoms with E-state index in [9.17, 15) is 9.59 Å². The van der Waals surface area contributed by atoms with Crippen LogP contribution in [-0.2, 0) is 18.9 Å². The molecule has 0 aliphatic carbocycles. The molecule has 0 atom stereocenters. The van der Waals surface area contributed by atoms with Crippen molar-refractivity contribution in [3.63, 3.8) is 0 Å². The molecular weight excluding hydrogens is 304 g/mol. The summed E-state index contributed by atoms with van der Waals surface area (Å²) in [5.74, 6) is -3.48. The molecule has 128 valence electrons. The number of carbonyl (C=O) groups excluding carboxylic acids is 1. The van der Waals surface area contributed by atoms with Gasteiger partial charge in [0.1, 0.15) is 0 Å². The number of carboxylic acids is 1. The third-order valence-electron chi connectivity index (χ3n) is 2.85. The van der Waals surface area contributed by atoms with Gasteiger partial charge in [0.25, 0.3) is 0 Å². The van der Waals surface area contributed by atoms with Crippen molar-refractivity contribution in [2.75, 3.05) is 26.4 Å². The predicted octanol–water partition coefficient (Wildman–Crippen LogP) is 2.30. The minimum absolute atomic E-state index is 0.0432. The maximum Gasteiger partial charge on any atom is 0.339 e. The number of benzene rings is 1. The Morgan fingerprint density at radius 1 is 0.957 bits per heavy atom. The van der Waals surface area contributed by atoms with E-state index >= 15 is 0 Å². The summed E-state index contributed by atoms with van der Waals surface area (Å²) in [4.78, 5) is 23.3. The fourth-order valence-corrected chi connectivity index (χ4v) is 1.99. The highest BCUT2D eigenvalue weighted by molar-refractivity contribution is 6.02. The van der Waals surface area contributed by atoms with Crippen molar-refractivity contribution >= 4 is 11.9 Å². The Morgan fingerprint density at radius 3 is 1.87 bits per heavy atom. The van der Waals surface area contributed by atoms with Crippen LogP contribution in [0.25, 0.3) is 0 Å². The van der Waals surface area contributed by atoms with Gasteiger partial charge in [0.05, 0.1) is 11.1 Å². The van der Waals surface area contributed by atoms with Crippen molar-refractivity contribution in [1.29, 1.82) is 0 Å². The van der Waals surface area contributed by atoms with Gasteiger partial charge in [0.2, 0.25) is 0 Å². The summed E-state index contributed by atoms with van der Waals surface area (Å²) in [6.45, 7) is 5.85. The summed E-state index contributed by atoms with van der Waals surface area (Å²) in [5.41, 5.74) is -0.175. The Kier molecular flexibility index (Phi) is 7.67. The van der Waals surface area contributed by atoms with Gasteiger partial charge in [-0.1, -0.05) is 12.1 Å². The summed E-state index contributed by atoms with van der Waals surface area (Å²) >= 11 is 0. The number of hydrogen-bond acceptors (Lipinski definition) is 6. The molecule has 0 aromatic heterocycles. The second-order valence-electron chi connectivity index (χ2n) is 4.41.